The van der Waals surface area contributed by atoms with Gasteiger partial charge >= 0.3 is 65.1 Å². The molecule has 1 saturated carbocycles. The summed E-state index contributed by atoms with van der Waals surface area (Å²) >= 11 is 0. The summed E-state index contributed by atoms with van der Waals surface area (Å²) in [5, 5.41) is 8.12. The van der Waals surface area contributed by atoms with E-state index in [0.717, 1.165) is 12.8 Å². The van der Waals surface area contributed by atoms with Crippen molar-refractivity contribution in [2.45, 2.75) is 19.3 Å². The second-order valence-electron chi connectivity index (χ2n) is 2.04. The van der Waals surface area contributed by atoms with Crippen LogP contribution in [0.5, 0.6) is 0 Å². The van der Waals surface area contributed by atoms with E-state index in [2.05, 4.69) is 0 Å². The van der Waals surface area contributed by atoms with Crippen molar-refractivity contribution in [3.05, 3.63) is 0 Å². The third-order valence-electron chi connectivity index (χ3n) is 1.16. The molecule has 0 spiro atoms. The minimum absolute atomic E-state index is 0. The normalized spacial score (nSPS) is 15.1. The topological polar surface area (TPSA) is 37.3 Å². The quantitative estimate of drug-likeness (QED) is 0.399. The minimum Gasteiger partial charge on any atom is -1.00 e. The smallest absolute Gasteiger partial charge is 1.00 e. The Labute approximate surface area is 102 Å². The van der Waals surface area contributed by atoms with Gasteiger partial charge in [-0.05, 0) is 18.8 Å². The molecule has 0 heterocycles. The van der Waals surface area contributed by atoms with Crippen LogP contribution in [-0.4, -0.2) is 11.1 Å². The minimum atomic E-state index is -0.650. The summed E-state index contributed by atoms with van der Waals surface area (Å²) in [7, 11) is 0. The van der Waals surface area contributed by atoms with E-state index in [1.165, 1.54) is 0 Å². The van der Waals surface area contributed by atoms with Gasteiger partial charge in [-0.1, -0.05) is 0 Å². The molecule has 0 amide bonds. The van der Waals surface area contributed by atoms with Crippen LogP contribution in [0.2, 0.25) is 0 Å². The molecule has 1 fully saturated rings. The van der Waals surface area contributed by atoms with Crippen LogP contribution in [0.3, 0.4) is 0 Å². The fourth-order valence-corrected chi connectivity index (χ4v) is 0.569. The van der Waals surface area contributed by atoms with E-state index in [4.69, 9.17) is 5.11 Å². The molecule has 1 N–H and O–H groups in total. The van der Waals surface area contributed by atoms with Gasteiger partial charge in [0.1, 0.15) is 0 Å². The van der Waals surface area contributed by atoms with E-state index in [1.807, 2.05) is 0 Å². The number of carbonyl (C=O) groups is 1. The van der Waals surface area contributed by atoms with Crippen molar-refractivity contribution in [1.29, 1.82) is 0 Å². The summed E-state index contributed by atoms with van der Waals surface area (Å²) < 4.78 is 0. The first-order valence-corrected chi connectivity index (χ1v) is 2.51. The third kappa shape index (κ3) is 7.37. The molecular formula is C5H10Na2O2. The molecule has 44 valence electrons. The predicted octanol–water partition coefficient (Wildman–Crippen LogP) is -4.90. The Kier molecular flexibility index (Phi) is 9.01. The molecule has 0 atom stereocenters. The van der Waals surface area contributed by atoms with Gasteiger partial charge in [-0.25, -0.2) is 0 Å². The van der Waals surface area contributed by atoms with Crippen molar-refractivity contribution < 1.29 is 71.9 Å². The number of carboxylic acids is 1. The average Bonchev–Trinajstić information content (AvgIpc) is 2.17. The summed E-state index contributed by atoms with van der Waals surface area (Å²) in [6.07, 6.45) is 2.65. The van der Waals surface area contributed by atoms with Gasteiger partial charge in [0.2, 0.25) is 0 Å². The maximum Gasteiger partial charge on any atom is 1.00 e. The van der Waals surface area contributed by atoms with E-state index >= 15 is 0 Å². The number of carboxylic acid groups (broad SMARTS) is 1. The Morgan fingerprint density at radius 3 is 2.11 bits per heavy atom. The van der Waals surface area contributed by atoms with Crippen molar-refractivity contribution in [3.63, 3.8) is 0 Å². The van der Waals surface area contributed by atoms with Gasteiger partial charge in [0.25, 0.3) is 0 Å². The molecule has 0 radical (unpaired) electrons. The van der Waals surface area contributed by atoms with Crippen LogP contribution in [0.15, 0.2) is 0 Å². The summed E-state index contributed by atoms with van der Waals surface area (Å²) in [6.45, 7) is 0. The van der Waals surface area contributed by atoms with Crippen molar-refractivity contribution in [2.75, 3.05) is 0 Å². The van der Waals surface area contributed by atoms with Crippen LogP contribution in [0.1, 0.15) is 22.1 Å². The Bertz CT molecular complexity index is 98.5. The molecule has 0 bridgehead atoms. The molecule has 4 heteroatoms. The number of rotatable bonds is 2. The summed E-state index contributed by atoms with van der Waals surface area (Å²) in [5.74, 6) is -0.125. The molecule has 1 aliphatic carbocycles. The monoisotopic (exact) mass is 148 g/mol. The van der Waals surface area contributed by atoms with Gasteiger partial charge in [-0.2, -0.15) is 0 Å². The zero-order valence-electron chi connectivity index (χ0n) is 8.05. The van der Waals surface area contributed by atoms with Gasteiger partial charge < -0.3 is 7.96 Å². The third-order valence-corrected chi connectivity index (χ3v) is 1.16. The van der Waals surface area contributed by atoms with E-state index in [1.54, 1.807) is 0 Å². The van der Waals surface area contributed by atoms with Crippen LogP contribution >= 0.6 is 0 Å². The number of hydrogen-bond donors (Lipinski definition) is 1. The molecule has 0 aromatic rings. The Morgan fingerprint density at radius 1 is 1.56 bits per heavy atom. The van der Waals surface area contributed by atoms with E-state index in [0.29, 0.717) is 12.3 Å². The van der Waals surface area contributed by atoms with Crippen molar-refractivity contribution in [2.24, 2.45) is 5.92 Å². The largest absolute Gasteiger partial charge is 1.00 e. The predicted molar refractivity (Wildman–Crippen MR) is 27.2 cm³/mol. The van der Waals surface area contributed by atoms with E-state index in [-0.39, 0.29) is 62.0 Å². The molecule has 1 rings (SSSR count). The zero-order valence-corrected chi connectivity index (χ0v) is 10.1. The maximum absolute atomic E-state index is 9.85. The van der Waals surface area contributed by atoms with Crippen LogP contribution < -0.4 is 59.1 Å². The molecule has 0 aromatic heterocycles. The first kappa shape index (κ1) is 13.1. The summed E-state index contributed by atoms with van der Waals surface area (Å²) in [6, 6.07) is 0. The fraction of sp³-hybridized carbons (Fsp3) is 0.800. The molecule has 0 unspecified atom stereocenters. The van der Waals surface area contributed by atoms with E-state index in [9.17, 15) is 4.79 Å². The van der Waals surface area contributed by atoms with Crippen LogP contribution in [0.25, 0.3) is 0 Å². The zero-order chi connectivity index (χ0) is 5.28. The fourth-order valence-electron chi connectivity index (χ4n) is 0.569. The molecule has 1 aliphatic rings. The standard InChI is InChI=1S/C5H8O2.2Na.2H/c6-5(7)3-4-1-2-4;;;;/h4H,1-3H2,(H,6,7);;;;/q;2*+1;2*-1. The first-order valence-electron chi connectivity index (χ1n) is 2.51. The molecule has 0 aliphatic heterocycles. The van der Waals surface area contributed by atoms with Gasteiger partial charge in [0.15, 0.2) is 0 Å². The molecule has 0 saturated heterocycles. The average molecular weight is 148 g/mol. The second-order valence-corrected chi connectivity index (χ2v) is 2.04. The Morgan fingerprint density at radius 2 is 2.00 bits per heavy atom. The second kappa shape index (κ2) is 6.20. The number of aliphatic carboxylic acids is 1. The molecular weight excluding hydrogens is 138 g/mol. The number of hydrogen-bond acceptors (Lipinski definition) is 1. The summed E-state index contributed by atoms with van der Waals surface area (Å²) in [5.41, 5.74) is 0. The van der Waals surface area contributed by atoms with Crippen molar-refractivity contribution in [1.82, 2.24) is 0 Å². The van der Waals surface area contributed by atoms with E-state index < -0.39 is 5.97 Å². The summed E-state index contributed by atoms with van der Waals surface area (Å²) in [4.78, 5) is 9.85. The van der Waals surface area contributed by atoms with Crippen LogP contribution in [-0.2, 0) is 4.79 Å². The van der Waals surface area contributed by atoms with Gasteiger partial charge in [-0.15, -0.1) is 0 Å². The van der Waals surface area contributed by atoms with Crippen molar-refractivity contribution >= 4 is 5.97 Å². The van der Waals surface area contributed by atoms with Gasteiger partial charge in [-0.3, -0.25) is 4.79 Å². The molecule has 0 aromatic carbocycles. The van der Waals surface area contributed by atoms with Crippen LogP contribution in [0.4, 0.5) is 0 Å². The van der Waals surface area contributed by atoms with Crippen molar-refractivity contribution in [3.8, 4) is 0 Å². The molecule has 9 heavy (non-hydrogen) atoms. The first-order chi connectivity index (χ1) is 3.29. The van der Waals surface area contributed by atoms with Gasteiger partial charge in [0, 0.05) is 6.42 Å². The van der Waals surface area contributed by atoms with Gasteiger partial charge in [0.05, 0.1) is 0 Å². The molecule has 2 nitrogen and oxygen atoms in total. The maximum atomic E-state index is 9.85. The Balaban J connectivity index is -0.0000000612. The van der Waals surface area contributed by atoms with Crippen LogP contribution in [0, 0.1) is 5.92 Å². The Hall–Kier alpha value is 1.47. The SMILES string of the molecule is O=C(O)CC1CC1.[H-].[H-].[Na+].[Na+].